The van der Waals surface area contributed by atoms with E-state index in [-0.39, 0.29) is 6.61 Å². The molecule has 0 saturated carbocycles. The van der Waals surface area contributed by atoms with E-state index in [4.69, 9.17) is 14.6 Å². The predicted molar refractivity (Wildman–Crippen MR) is 93.8 cm³/mol. The number of benzene rings is 1. The van der Waals surface area contributed by atoms with Gasteiger partial charge >= 0.3 is 0 Å². The maximum Gasteiger partial charge on any atom is 0.151 e. The Labute approximate surface area is 145 Å². The van der Waals surface area contributed by atoms with Gasteiger partial charge in [-0.1, -0.05) is 0 Å². The molecule has 2 N–H and O–H groups in total. The predicted octanol–water partition coefficient (Wildman–Crippen LogP) is 1.30. The number of aromatic nitrogens is 4. The van der Waals surface area contributed by atoms with E-state index in [1.165, 1.54) is 0 Å². The van der Waals surface area contributed by atoms with Crippen molar-refractivity contribution in [3.05, 3.63) is 42.7 Å². The molecule has 0 fully saturated rings. The van der Waals surface area contributed by atoms with E-state index in [1.54, 1.807) is 19.6 Å². The molecule has 0 atom stereocenters. The van der Waals surface area contributed by atoms with Crippen molar-refractivity contribution in [1.82, 2.24) is 19.5 Å². The zero-order valence-electron chi connectivity index (χ0n) is 14.1. The summed E-state index contributed by atoms with van der Waals surface area (Å²) in [6.45, 7) is 1.94. The highest BCUT2D eigenvalue weighted by atomic mass is 16.5. The van der Waals surface area contributed by atoms with Crippen LogP contribution in [-0.2, 0) is 11.3 Å². The average molecular weight is 343 g/mol. The third-order valence-corrected chi connectivity index (χ3v) is 3.61. The van der Waals surface area contributed by atoms with Crippen molar-refractivity contribution >= 4 is 16.7 Å². The molecule has 8 nitrogen and oxygen atoms in total. The molecule has 0 amide bonds. The van der Waals surface area contributed by atoms with Crippen LogP contribution < -0.4 is 10.1 Å². The number of rotatable bonds is 9. The highest BCUT2D eigenvalue weighted by Gasteiger charge is 2.09. The highest BCUT2D eigenvalue weighted by molar-refractivity contribution is 5.90. The molecule has 0 radical (unpaired) electrons. The summed E-state index contributed by atoms with van der Waals surface area (Å²) in [5.74, 6) is 2.17. The normalized spacial score (nSPS) is 11.0. The number of nitrogens with one attached hydrogen (secondary N) is 1. The molecular weight excluding hydrogens is 322 g/mol. The number of hydrogen-bond acceptors (Lipinski definition) is 7. The van der Waals surface area contributed by atoms with Crippen LogP contribution in [0.1, 0.15) is 5.82 Å². The van der Waals surface area contributed by atoms with Crippen molar-refractivity contribution in [2.75, 3.05) is 38.8 Å². The van der Waals surface area contributed by atoms with Gasteiger partial charge in [0.15, 0.2) is 5.82 Å². The molecule has 3 rings (SSSR count). The van der Waals surface area contributed by atoms with Gasteiger partial charge in [-0.15, -0.1) is 0 Å². The van der Waals surface area contributed by atoms with Gasteiger partial charge in [-0.3, -0.25) is 0 Å². The summed E-state index contributed by atoms with van der Waals surface area (Å²) in [6.07, 6.45) is 5.33. The molecule has 0 aliphatic rings. The molecule has 132 valence electrons. The summed E-state index contributed by atoms with van der Waals surface area (Å²) < 4.78 is 12.5. The van der Waals surface area contributed by atoms with Gasteiger partial charge in [-0.2, -0.15) is 0 Å². The van der Waals surface area contributed by atoms with Gasteiger partial charge in [-0.25, -0.2) is 15.0 Å². The molecular formula is C17H21N5O3. The molecule has 8 heteroatoms. The minimum atomic E-state index is 0.0166. The number of ether oxygens (including phenoxy) is 2. The maximum atomic E-state index is 8.75. The van der Waals surface area contributed by atoms with Crippen LogP contribution in [0.25, 0.3) is 10.9 Å². The summed E-state index contributed by atoms with van der Waals surface area (Å²) in [6, 6.07) is 5.71. The average Bonchev–Trinajstić information content (AvgIpc) is 3.14. The van der Waals surface area contributed by atoms with Crippen LogP contribution in [0.5, 0.6) is 5.75 Å². The summed E-state index contributed by atoms with van der Waals surface area (Å²) in [5, 5.41) is 12.9. The number of methoxy groups -OCH3 is 1. The van der Waals surface area contributed by atoms with E-state index in [9.17, 15) is 0 Å². The van der Waals surface area contributed by atoms with E-state index in [0.29, 0.717) is 32.1 Å². The fourth-order valence-corrected chi connectivity index (χ4v) is 2.44. The number of hydrogen-bond donors (Lipinski definition) is 2. The molecule has 25 heavy (non-hydrogen) atoms. The Morgan fingerprint density at radius 1 is 1.24 bits per heavy atom. The Kier molecular flexibility index (Phi) is 5.76. The van der Waals surface area contributed by atoms with Crippen molar-refractivity contribution in [2.45, 2.75) is 6.54 Å². The van der Waals surface area contributed by atoms with Crippen molar-refractivity contribution in [3.8, 4) is 5.75 Å². The molecule has 0 bridgehead atoms. The SMILES string of the molecule is COc1ccc2nc(Cn3ccnc3)nc(NCCOCCO)c2c1. The Morgan fingerprint density at radius 3 is 2.92 bits per heavy atom. The number of anilines is 1. The number of imidazole rings is 1. The highest BCUT2D eigenvalue weighted by Crippen LogP contribution is 2.25. The van der Waals surface area contributed by atoms with Crippen LogP contribution in [0.4, 0.5) is 5.82 Å². The van der Waals surface area contributed by atoms with Crippen LogP contribution in [0, 0.1) is 0 Å². The van der Waals surface area contributed by atoms with Crippen LogP contribution in [0.3, 0.4) is 0 Å². The Balaban J connectivity index is 1.86. The fourth-order valence-electron chi connectivity index (χ4n) is 2.44. The lowest BCUT2D eigenvalue weighted by molar-refractivity contribution is 0.0992. The molecule has 2 aromatic heterocycles. The molecule has 0 aliphatic heterocycles. The third-order valence-electron chi connectivity index (χ3n) is 3.61. The Morgan fingerprint density at radius 2 is 2.16 bits per heavy atom. The molecule has 2 heterocycles. The van der Waals surface area contributed by atoms with Crippen molar-refractivity contribution in [3.63, 3.8) is 0 Å². The summed E-state index contributed by atoms with van der Waals surface area (Å²) in [4.78, 5) is 13.3. The van der Waals surface area contributed by atoms with Crippen LogP contribution in [0.15, 0.2) is 36.9 Å². The first kappa shape index (κ1) is 17.1. The summed E-state index contributed by atoms with van der Waals surface area (Å²) in [7, 11) is 1.63. The fraction of sp³-hybridized carbons (Fsp3) is 0.353. The monoisotopic (exact) mass is 343 g/mol. The van der Waals surface area contributed by atoms with Crippen molar-refractivity contribution in [2.24, 2.45) is 0 Å². The second kappa shape index (κ2) is 8.41. The van der Waals surface area contributed by atoms with Gasteiger partial charge in [-0.05, 0) is 18.2 Å². The molecule has 1 aromatic carbocycles. The van der Waals surface area contributed by atoms with Crippen molar-refractivity contribution < 1.29 is 14.6 Å². The zero-order valence-corrected chi connectivity index (χ0v) is 14.1. The van der Waals surface area contributed by atoms with E-state index in [2.05, 4.69) is 20.3 Å². The Bertz CT molecular complexity index is 807. The minimum Gasteiger partial charge on any atom is -0.497 e. The second-order valence-corrected chi connectivity index (χ2v) is 5.37. The van der Waals surface area contributed by atoms with Gasteiger partial charge in [0.2, 0.25) is 0 Å². The number of fused-ring (bicyclic) bond motifs is 1. The van der Waals surface area contributed by atoms with E-state index in [0.717, 1.165) is 22.5 Å². The first-order chi connectivity index (χ1) is 12.3. The zero-order chi connectivity index (χ0) is 17.5. The lowest BCUT2D eigenvalue weighted by atomic mass is 10.2. The van der Waals surface area contributed by atoms with E-state index in [1.807, 2.05) is 29.0 Å². The molecule has 0 aliphatic carbocycles. The lowest BCUT2D eigenvalue weighted by Gasteiger charge is -2.12. The van der Waals surface area contributed by atoms with Gasteiger partial charge in [0.1, 0.15) is 11.6 Å². The first-order valence-electron chi connectivity index (χ1n) is 8.03. The summed E-state index contributed by atoms with van der Waals surface area (Å²) in [5.41, 5.74) is 0.838. The third kappa shape index (κ3) is 4.43. The van der Waals surface area contributed by atoms with E-state index >= 15 is 0 Å². The van der Waals surface area contributed by atoms with Gasteiger partial charge in [0, 0.05) is 24.3 Å². The molecule has 0 unspecified atom stereocenters. The quantitative estimate of drug-likeness (QED) is 0.566. The number of aliphatic hydroxyl groups excluding tert-OH is 1. The minimum absolute atomic E-state index is 0.0166. The number of aliphatic hydroxyl groups is 1. The molecule has 3 aromatic rings. The summed E-state index contributed by atoms with van der Waals surface area (Å²) >= 11 is 0. The first-order valence-corrected chi connectivity index (χ1v) is 8.03. The van der Waals surface area contributed by atoms with Crippen LogP contribution >= 0.6 is 0 Å². The van der Waals surface area contributed by atoms with Crippen LogP contribution in [0.2, 0.25) is 0 Å². The maximum absolute atomic E-state index is 8.75. The topological polar surface area (TPSA) is 94.3 Å². The molecule has 0 saturated heterocycles. The standard InChI is InChI=1S/C17H21N5O3/c1-24-13-2-3-15-14(10-13)17(19-5-8-25-9-7-23)21-16(20-15)11-22-6-4-18-12-22/h2-4,6,10,12,23H,5,7-9,11H2,1H3,(H,19,20,21). The smallest absolute Gasteiger partial charge is 0.151 e. The Hall–Kier alpha value is -2.71. The van der Waals surface area contributed by atoms with Gasteiger partial charge < -0.3 is 24.5 Å². The molecule has 0 spiro atoms. The number of nitrogens with zero attached hydrogens (tertiary/aromatic N) is 4. The van der Waals surface area contributed by atoms with Crippen molar-refractivity contribution in [1.29, 1.82) is 0 Å². The second-order valence-electron chi connectivity index (χ2n) is 5.37. The van der Waals surface area contributed by atoms with Gasteiger partial charge in [0.25, 0.3) is 0 Å². The largest absolute Gasteiger partial charge is 0.497 e. The van der Waals surface area contributed by atoms with Gasteiger partial charge in [0.05, 0.1) is 45.3 Å². The lowest BCUT2D eigenvalue weighted by Crippen LogP contribution is -2.14. The van der Waals surface area contributed by atoms with Crippen LogP contribution in [-0.4, -0.2) is 58.1 Å². The van der Waals surface area contributed by atoms with E-state index < -0.39 is 0 Å².